The van der Waals surface area contributed by atoms with E-state index in [0.717, 1.165) is 16.7 Å². The summed E-state index contributed by atoms with van der Waals surface area (Å²) < 4.78 is 0. The first-order valence-electron chi connectivity index (χ1n) is 3.82. The summed E-state index contributed by atoms with van der Waals surface area (Å²) in [6.07, 6.45) is 4.19. The normalized spacial score (nSPS) is 45.0. The molecule has 0 saturated heterocycles. The summed E-state index contributed by atoms with van der Waals surface area (Å²) in [6.45, 7) is 4.70. The zero-order valence-corrected chi connectivity index (χ0v) is 7.82. The summed E-state index contributed by atoms with van der Waals surface area (Å²) in [4.78, 5) is 0.802. The second-order valence-electron chi connectivity index (χ2n) is 3.51. The first kappa shape index (κ1) is 7.59. The Bertz CT molecular complexity index is 65.5. The number of hydrogen-bond donors (Lipinski definition) is 0. The Morgan fingerprint density at radius 3 is 1.78 bits per heavy atom. The zero-order valence-electron chi connectivity index (χ0n) is 6.23. The van der Waals surface area contributed by atoms with Crippen molar-refractivity contribution in [2.75, 3.05) is 0 Å². The SMILES string of the molecule is CC1CC(C)CC(Br)C1. The third kappa shape index (κ3) is 2.29. The maximum atomic E-state index is 3.67. The number of halogens is 1. The Hall–Kier alpha value is 0.480. The van der Waals surface area contributed by atoms with Crippen molar-refractivity contribution < 1.29 is 0 Å². The molecule has 0 bridgehead atoms. The number of alkyl halides is 1. The van der Waals surface area contributed by atoms with Crippen LogP contribution in [-0.4, -0.2) is 4.83 Å². The first-order valence-corrected chi connectivity index (χ1v) is 4.74. The fourth-order valence-electron chi connectivity index (χ4n) is 1.85. The monoisotopic (exact) mass is 190 g/mol. The van der Waals surface area contributed by atoms with E-state index in [0.29, 0.717) is 0 Å². The van der Waals surface area contributed by atoms with Gasteiger partial charge in [0, 0.05) is 4.83 Å². The largest absolute Gasteiger partial charge is 0.0890 e. The molecule has 0 spiro atoms. The minimum Gasteiger partial charge on any atom is -0.0890 e. The predicted molar refractivity (Wildman–Crippen MR) is 44.9 cm³/mol. The summed E-state index contributed by atoms with van der Waals surface area (Å²) in [5.74, 6) is 1.89. The van der Waals surface area contributed by atoms with Crippen molar-refractivity contribution in [1.82, 2.24) is 0 Å². The van der Waals surface area contributed by atoms with Crippen LogP contribution >= 0.6 is 15.9 Å². The Kier molecular flexibility index (Phi) is 2.57. The van der Waals surface area contributed by atoms with Crippen molar-refractivity contribution in [3.8, 4) is 0 Å². The summed E-state index contributed by atoms with van der Waals surface area (Å²) in [5, 5.41) is 0. The van der Waals surface area contributed by atoms with E-state index in [2.05, 4.69) is 29.8 Å². The topological polar surface area (TPSA) is 0 Å². The van der Waals surface area contributed by atoms with E-state index in [1.807, 2.05) is 0 Å². The van der Waals surface area contributed by atoms with E-state index in [1.54, 1.807) is 0 Å². The van der Waals surface area contributed by atoms with Crippen LogP contribution in [0.1, 0.15) is 33.1 Å². The van der Waals surface area contributed by atoms with Gasteiger partial charge in [-0.05, 0) is 31.1 Å². The molecule has 1 aliphatic carbocycles. The zero-order chi connectivity index (χ0) is 6.85. The predicted octanol–water partition coefficient (Wildman–Crippen LogP) is 3.21. The molecule has 2 unspecified atom stereocenters. The molecule has 0 aromatic carbocycles. The summed E-state index contributed by atoms with van der Waals surface area (Å²) in [6, 6.07) is 0. The maximum Gasteiger partial charge on any atom is 0.0150 e. The number of rotatable bonds is 0. The molecule has 9 heavy (non-hydrogen) atoms. The van der Waals surface area contributed by atoms with Crippen LogP contribution in [0.3, 0.4) is 0 Å². The summed E-state index contributed by atoms with van der Waals surface area (Å²) in [5.41, 5.74) is 0. The van der Waals surface area contributed by atoms with Crippen molar-refractivity contribution in [2.45, 2.75) is 37.9 Å². The lowest BCUT2D eigenvalue weighted by Gasteiger charge is -2.27. The molecule has 54 valence electrons. The van der Waals surface area contributed by atoms with Gasteiger partial charge in [0.15, 0.2) is 0 Å². The molecular weight excluding hydrogens is 176 g/mol. The molecule has 1 aliphatic rings. The Morgan fingerprint density at radius 2 is 1.44 bits per heavy atom. The van der Waals surface area contributed by atoms with Gasteiger partial charge < -0.3 is 0 Å². The Morgan fingerprint density at radius 1 is 1.00 bits per heavy atom. The van der Waals surface area contributed by atoms with E-state index in [9.17, 15) is 0 Å². The van der Waals surface area contributed by atoms with Gasteiger partial charge in [0.05, 0.1) is 0 Å². The minimum absolute atomic E-state index is 0.802. The van der Waals surface area contributed by atoms with Crippen molar-refractivity contribution in [3.05, 3.63) is 0 Å². The Labute approximate surface area is 66.2 Å². The van der Waals surface area contributed by atoms with Crippen LogP contribution in [0.25, 0.3) is 0 Å². The quantitative estimate of drug-likeness (QED) is 0.516. The van der Waals surface area contributed by atoms with Gasteiger partial charge in [0.25, 0.3) is 0 Å². The molecule has 2 atom stereocenters. The van der Waals surface area contributed by atoms with Crippen molar-refractivity contribution in [3.63, 3.8) is 0 Å². The highest BCUT2D eigenvalue weighted by Crippen LogP contribution is 2.32. The van der Waals surface area contributed by atoms with Gasteiger partial charge in [0.1, 0.15) is 0 Å². The van der Waals surface area contributed by atoms with Gasteiger partial charge in [-0.3, -0.25) is 0 Å². The molecule has 0 aromatic heterocycles. The second-order valence-corrected chi connectivity index (χ2v) is 4.81. The van der Waals surface area contributed by atoms with Crippen LogP contribution in [-0.2, 0) is 0 Å². The lowest BCUT2D eigenvalue weighted by Crippen LogP contribution is -2.18. The van der Waals surface area contributed by atoms with Gasteiger partial charge in [-0.25, -0.2) is 0 Å². The van der Waals surface area contributed by atoms with E-state index in [4.69, 9.17) is 0 Å². The molecule has 1 heteroatoms. The highest BCUT2D eigenvalue weighted by molar-refractivity contribution is 9.09. The van der Waals surface area contributed by atoms with Crippen LogP contribution in [0.15, 0.2) is 0 Å². The highest BCUT2D eigenvalue weighted by Gasteiger charge is 2.21. The standard InChI is InChI=1S/C8H15Br/c1-6-3-7(2)5-8(9)4-6/h6-8H,3-5H2,1-2H3. The van der Waals surface area contributed by atoms with Gasteiger partial charge in [-0.2, -0.15) is 0 Å². The molecule has 0 aromatic rings. The van der Waals surface area contributed by atoms with Crippen molar-refractivity contribution >= 4 is 15.9 Å². The second kappa shape index (κ2) is 3.05. The minimum atomic E-state index is 0.802. The van der Waals surface area contributed by atoms with Gasteiger partial charge in [0.2, 0.25) is 0 Å². The van der Waals surface area contributed by atoms with E-state index in [1.165, 1.54) is 19.3 Å². The molecule has 1 saturated carbocycles. The molecule has 0 nitrogen and oxygen atoms in total. The van der Waals surface area contributed by atoms with E-state index in [-0.39, 0.29) is 0 Å². The maximum absolute atomic E-state index is 3.67. The molecule has 0 heterocycles. The first-order chi connectivity index (χ1) is 4.18. The summed E-state index contributed by atoms with van der Waals surface area (Å²) >= 11 is 3.67. The van der Waals surface area contributed by atoms with Crippen LogP contribution in [0.4, 0.5) is 0 Å². The lowest BCUT2D eigenvalue weighted by atomic mass is 9.84. The fourth-order valence-corrected chi connectivity index (χ4v) is 3.13. The van der Waals surface area contributed by atoms with Crippen LogP contribution < -0.4 is 0 Å². The average molecular weight is 191 g/mol. The lowest BCUT2D eigenvalue weighted by molar-refractivity contribution is 0.312. The van der Waals surface area contributed by atoms with Crippen molar-refractivity contribution in [1.29, 1.82) is 0 Å². The Balaban J connectivity index is 2.34. The van der Waals surface area contributed by atoms with Crippen LogP contribution in [0, 0.1) is 11.8 Å². The third-order valence-corrected chi connectivity index (χ3v) is 2.87. The number of hydrogen-bond acceptors (Lipinski definition) is 0. The average Bonchev–Trinajstić information content (AvgIpc) is 1.59. The van der Waals surface area contributed by atoms with Crippen LogP contribution in [0.5, 0.6) is 0 Å². The molecule has 0 N–H and O–H groups in total. The van der Waals surface area contributed by atoms with E-state index >= 15 is 0 Å². The third-order valence-electron chi connectivity index (χ3n) is 2.12. The van der Waals surface area contributed by atoms with Crippen molar-refractivity contribution in [2.24, 2.45) is 11.8 Å². The molecule has 0 aliphatic heterocycles. The fraction of sp³-hybridized carbons (Fsp3) is 1.00. The van der Waals surface area contributed by atoms with Crippen LogP contribution in [0.2, 0.25) is 0 Å². The molecule has 1 fully saturated rings. The van der Waals surface area contributed by atoms with Gasteiger partial charge >= 0.3 is 0 Å². The van der Waals surface area contributed by atoms with E-state index < -0.39 is 0 Å². The summed E-state index contributed by atoms with van der Waals surface area (Å²) in [7, 11) is 0. The smallest absolute Gasteiger partial charge is 0.0150 e. The molecule has 0 radical (unpaired) electrons. The molecule has 1 rings (SSSR count). The molecule has 0 amide bonds. The molecular formula is C8H15Br. The van der Waals surface area contributed by atoms with Gasteiger partial charge in [-0.1, -0.05) is 29.8 Å². The van der Waals surface area contributed by atoms with Gasteiger partial charge in [-0.15, -0.1) is 0 Å². The highest BCUT2D eigenvalue weighted by atomic mass is 79.9.